The average Bonchev–Trinajstić information content (AvgIpc) is 2.23. The number of carbonyl (C=O) groups excluding carboxylic acids is 1. The number of rotatable bonds is 4. The Morgan fingerprint density at radius 1 is 1.44 bits per heavy atom. The largest absolute Gasteiger partial charge is 0.508 e. The highest BCUT2D eigenvalue weighted by Crippen LogP contribution is 2.15. The predicted molar refractivity (Wildman–Crippen MR) is 72.3 cm³/mol. The van der Waals surface area contributed by atoms with E-state index in [0.29, 0.717) is 6.42 Å². The van der Waals surface area contributed by atoms with Crippen LogP contribution in [-0.4, -0.2) is 23.1 Å². The van der Waals surface area contributed by atoms with Crippen LogP contribution >= 0.6 is 0 Å². The number of hydrogen-bond acceptors (Lipinski definition) is 3. The lowest BCUT2D eigenvalue weighted by atomic mass is 9.97. The molecule has 100 valence electrons. The number of amides is 1. The van der Waals surface area contributed by atoms with Crippen LogP contribution in [0.3, 0.4) is 0 Å². The number of phenols is 1. The summed E-state index contributed by atoms with van der Waals surface area (Å²) in [6, 6.07) is 6.91. The quantitative estimate of drug-likeness (QED) is 0.756. The molecule has 1 rings (SSSR count). The van der Waals surface area contributed by atoms with Crippen molar-refractivity contribution in [3.05, 3.63) is 29.8 Å². The maximum atomic E-state index is 12.0. The minimum absolute atomic E-state index is 0.0478. The van der Waals surface area contributed by atoms with Crippen molar-refractivity contribution in [3.63, 3.8) is 0 Å². The van der Waals surface area contributed by atoms with Crippen molar-refractivity contribution in [2.24, 2.45) is 11.7 Å². The number of nitrogens with two attached hydrogens (primary N) is 1. The van der Waals surface area contributed by atoms with Gasteiger partial charge in [0.05, 0.1) is 5.92 Å². The molecule has 0 aliphatic carbocycles. The molecule has 1 aromatic rings. The third-order valence-corrected chi connectivity index (χ3v) is 2.55. The van der Waals surface area contributed by atoms with Gasteiger partial charge in [-0.1, -0.05) is 12.1 Å². The molecule has 0 radical (unpaired) electrons. The summed E-state index contributed by atoms with van der Waals surface area (Å²) in [5.74, 6) is -0.112. The second kappa shape index (κ2) is 5.87. The Labute approximate surface area is 108 Å². The van der Waals surface area contributed by atoms with Crippen LogP contribution in [0.15, 0.2) is 24.3 Å². The Balaban J connectivity index is 2.70. The van der Waals surface area contributed by atoms with Gasteiger partial charge in [-0.15, -0.1) is 0 Å². The molecule has 0 spiro atoms. The maximum Gasteiger partial charge on any atom is 0.225 e. The third-order valence-electron chi connectivity index (χ3n) is 2.55. The molecular formula is C14H22N2O2. The number of hydrogen-bond donors (Lipinski definition) is 3. The van der Waals surface area contributed by atoms with Crippen LogP contribution in [0.5, 0.6) is 5.75 Å². The van der Waals surface area contributed by atoms with E-state index in [9.17, 15) is 9.90 Å². The summed E-state index contributed by atoms with van der Waals surface area (Å²) in [6.07, 6.45) is 0.535. The summed E-state index contributed by atoms with van der Waals surface area (Å²) in [4.78, 5) is 12.0. The molecule has 1 amide bonds. The fourth-order valence-electron chi connectivity index (χ4n) is 1.72. The average molecular weight is 250 g/mol. The Bertz CT molecular complexity index is 411. The molecule has 1 unspecified atom stereocenters. The first-order valence-electron chi connectivity index (χ1n) is 6.12. The SMILES string of the molecule is CC(C)(C)NC(=O)C(CN)Cc1cccc(O)c1. The van der Waals surface area contributed by atoms with Gasteiger partial charge in [0.15, 0.2) is 0 Å². The van der Waals surface area contributed by atoms with Gasteiger partial charge in [-0.25, -0.2) is 0 Å². The van der Waals surface area contributed by atoms with E-state index in [1.54, 1.807) is 18.2 Å². The monoisotopic (exact) mass is 250 g/mol. The summed E-state index contributed by atoms with van der Waals surface area (Å²) >= 11 is 0. The first-order valence-corrected chi connectivity index (χ1v) is 6.12. The summed E-state index contributed by atoms with van der Waals surface area (Å²) < 4.78 is 0. The minimum Gasteiger partial charge on any atom is -0.508 e. The Hall–Kier alpha value is -1.55. The standard InChI is InChI=1S/C14H22N2O2/c1-14(2,3)16-13(18)11(9-15)7-10-5-4-6-12(17)8-10/h4-6,8,11,17H,7,9,15H2,1-3H3,(H,16,18). The van der Waals surface area contributed by atoms with E-state index < -0.39 is 0 Å². The van der Waals surface area contributed by atoms with Gasteiger partial charge in [0.2, 0.25) is 5.91 Å². The van der Waals surface area contributed by atoms with Crippen molar-refractivity contribution in [2.45, 2.75) is 32.7 Å². The van der Waals surface area contributed by atoms with Gasteiger partial charge < -0.3 is 16.2 Å². The highest BCUT2D eigenvalue weighted by atomic mass is 16.3. The molecule has 0 aliphatic heterocycles. The lowest BCUT2D eigenvalue weighted by Gasteiger charge is -2.24. The Morgan fingerprint density at radius 3 is 2.61 bits per heavy atom. The van der Waals surface area contributed by atoms with E-state index in [1.807, 2.05) is 26.8 Å². The zero-order chi connectivity index (χ0) is 13.8. The van der Waals surface area contributed by atoms with Gasteiger partial charge in [-0.3, -0.25) is 4.79 Å². The number of carbonyl (C=O) groups is 1. The van der Waals surface area contributed by atoms with Crippen molar-refractivity contribution < 1.29 is 9.90 Å². The van der Waals surface area contributed by atoms with E-state index in [2.05, 4.69) is 5.32 Å². The topological polar surface area (TPSA) is 75.4 Å². The van der Waals surface area contributed by atoms with Gasteiger partial charge in [0, 0.05) is 12.1 Å². The van der Waals surface area contributed by atoms with Crippen LogP contribution in [-0.2, 0) is 11.2 Å². The first-order chi connectivity index (χ1) is 8.31. The number of aromatic hydroxyl groups is 1. The van der Waals surface area contributed by atoms with E-state index in [-0.39, 0.29) is 29.7 Å². The fourth-order valence-corrected chi connectivity index (χ4v) is 1.72. The normalized spacial score (nSPS) is 13.1. The predicted octanol–water partition coefficient (Wildman–Crippen LogP) is 1.42. The maximum absolute atomic E-state index is 12.0. The number of benzene rings is 1. The highest BCUT2D eigenvalue weighted by molar-refractivity contribution is 5.79. The van der Waals surface area contributed by atoms with Crippen LogP contribution in [0.25, 0.3) is 0 Å². The zero-order valence-electron chi connectivity index (χ0n) is 11.2. The molecule has 1 aromatic carbocycles. The van der Waals surface area contributed by atoms with Crippen LogP contribution in [0.2, 0.25) is 0 Å². The van der Waals surface area contributed by atoms with Crippen LogP contribution < -0.4 is 11.1 Å². The molecule has 0 saturated carbocycles. The van der Waals surface area contributed by atoms with Gasteiger partial charge in [-0.2, -0.15) is 0 Å². The molecule has 0 aliphatic rings. The minimum atomic E-state index is -0.272. The van der Waals surface area contributed by atoms with E-state index >= 15 is 0 Å². The highest BCUT2D eigenvalue weighted by Gasteiger charge is 2.22. The summed E-state index contributed by atoms with van der Waals surface area (Å²) in [5, 5.41) is 12.3. The van der Waals surface area contributed by atoms with Gasteiger partial charge in [0.25, 0.3) is 0 Å². The Kier molecular flexibility index (Phi) is 4.73. The summed E-state index contributed by atoms with van der Waals surface area (Å²) in [7, 11) is 0. The smallest absolute Gasteiger partial charge is 0.225 e. The van der Waals surface area contributed by atoms with E-state index in [0.717, 1.165) is 5.56 Å². The fraction of sp³-hybridized carbons (Fsp3) is 0.500. The van der Waals surface area contributed by atoms with Gasteiger partial charge in [0.1, 0.15) is 5.75 Å². The van der Waals surface area contributed by atoms with Crippen molar-refractivity contribution in [3.8, 4) is 5.75 Å². The molecular weight excluding hydrogens is 228 g/mol. The Morgan fingerprint density at radius 2 is 2.11 bits per heavy atom. The van der Waals surface area contributed by atoms with Crippen LogP contribution in [0.1, 0.15) is 26.3 Å². The molecule has 0 fully saturated rings. The van der Waals surface area contributed by atoms with Crippen LogP contribution in [0, 0.1) is 5.92 Å². The first kappa shape index (κ1) is 14.5. The summed E-state index contributed by atoms with van der Waals surface area (Å²) in [6.45, 7) is 6.10. The van der Waals surface area contributed by atoms with E-state index in [1.165, 1.54) is 0 Å². The van der Waals surface area contributed by atoms with Crippen molar-refractivity contribution >= 4 is 5.91 Å². The number of phenolic OH excluding ortho intramolecular Hbond substituents is 1. The number of nitrogens with one attached hydrogen (secondary N) is 1. The molecule has 0 bridgehead atoms. The van der Waals surface area contributed by atoms with Gasteiger partial charge in [-0.05, 0) is 44.9 Å². The van der Waals surface area contributed by atoms with Crippen molar-refractivity contribution in [1.29, 1.82) is 0 Å². The molecule has 0 saturated heterocycles. The van der Waals surface area contributed by atoms with Crippen molar-refractivity contribution in [2.75, 3.05) is 6.54 Å². The van der Waals surface area contributed by atoms with E-state index in [4.69, 9.17) is 5.73 Å². The molecule has 4 heteroatoms. The molecule has 4 nitrogen and oxygen atoms in total. The lowest BCUT2D eigenvalue weighted by molar-refractivity contribution is -0.126. The third kappa shape index (κ3) is 4.75. The second-order valence-electron chi connectivity index (χ2n) is 5.55. The van der Waals surface area contributed by atoms with Gasteiger partial charge >= 0.3 is 0 Å². The lowest BCUT2D eigenvalue weighted by Crippen LogP contribution is -2.46. The zero-order valence-corrected chi connectivity index (χ0v) is 11.2. The molecule has 0 heterocycles. The molecule has 0 aromatic heterocycles. The molecule has 1 atom stereocenters. The van der Waals surface area contributed by atoms with Crippen molar-refractivity contribution in [1.82, 2.24) is 5.32 Å². The summed E-state index contributed by atoms with van der Waals surface area (Å²) in [5.41, 5.74) is 6.31. The second-order valence-corrected chi connectivity index (χ2v) is 5.55. The molecule has 18 heavy (non-hydrogen) atoms. The van der Waals surface area contributed by atoms with Crippen LogP contribution in [0.4, 0.5) is 0 Å². The molecule has 4 N–H and O–H groups in total.